The van der Waals surface area contributed by atoms with Crippen LogP contribution in [0.2, 0.25) is 5.02 Å². The fourth-order valence-electron chi connectivity index (χ4n) is 2.33. The first-order valence-corrected chi connectivity index (χ1v) is 8.50. The average molecular weight is 372 g/mol. The highest BCUT2D eigenvalue weighted by molar-refractivity contribution is 6.34. The lowest BCUT2D eigenvalue weighted by atomic mass is 10.1. The van der Waals surface area contributed by atoms with E-state index in [1.165, 1.54) is 12.5 Å². The second-order valence-electron chi connectivity index (χ2n) is 6.25. The van der Waals surface area contributed by atoms with Crippen LogP contribution in [0, 0.1) is 5.92 Å². The van der Waals surface area contributed by atoms with Crippen molar-refractivity contribution in [3.63, 3.8) is 0 Å². The maximum Gasteiger partial charge on any atom is 0.257 e. The third kappa shape index (κ3) is 4.00. The van der Waals surface area contributed by atoms with E-state index in [9.17, 15) is 9.59 Å². The topological polar surface area (TPSA) is 99.8 Å². The van der Waals surface area contributed by atoms with Gasteiger partial charge in [-0.15, -0.1) is 0 Å². The molecular formula is C18H18ClN5O2. The molecular weight excluding hydrogens is 354 g/mol. The molecule has 0 unspecified atom stereocenters. The smallest absolute Gasteiger partial charge is 0.257 e. The van der Waals surface area contributed by atoms with Gasteiger partial charge in [0.15, 0.2) is 5.65 Å². The van der Waals surface area contributed by atoms with E-state index in [1.54, 1.807) is 24.3 Å². The number of nitrogens with zero attached hydrogens (tertiary/aromatic N) is 2. The van der Waals surface area contributed by atoms with E-state index in [2.05, 4.69) is 25.6 Å². The van der Waals surface area contributed by atoms with Crippen molar-refractivity contribution in [2.24, 2.45) is 5.92 Å². The van der Waals surface area contributed by atoms with E-state index in [0.29, 0.717) is 40.4 Å². The number of carbonyl (C=O) groups is 2. The van der Waals surface area contributed by atoms with Gasteiger partial charge in [-0.1, -0.05) is 25.4 Å². The van der Waals surface area contributed by atoms with Crippen LogP contribution in [0.1, 0.15) is 34.6 Å². The van der Waals surface area contributed by atoms with Gasteiger partial charge in [-0.2, -0.15) is 0 Å². The van der Waals surface area contributed by atoms with Crippen LogP contribution in [-0.4, -0.2) is 33.3 Å². The van der Waals surface area contributed by atoms with Gasteiger partial charge in [-0.25, -0.2) is 9.97 Å². The van der Waals surface area contributed by atoms with Crippen LogP contribution >= 0.6 is 11.6 Å². The molecule has 0 bridgehead atoms. The third-order valence-corrected chi connectivity index (χ3v) is 3.99. The van der Waals surface area contributed by atoms with E-state index < -0.39 is 0 Å². The molecule has 3 rings (SSSR count). The summed E-state index contributed by atoms with van der Waals surface area (Å²) in [6, 6.07) is 6.44. The molecule has 3 N–H and O–H groups in total. The Labute approximate surface area is 155 Å². The van der Waals surface area contributed by atoms with E-state index in [4.69, 9.17) is 11.6 Å². The highest BCUT2D eigenvalue weighted by atomic mass is 35.5. The lowest BCUT2D eigenvalue weighted by Gasteiger charge is -2.10. The number of aromatic amines is 1. The maximum absolute atomic E-state index is 12.4. The van der Waals surface area contributed by atoms with Gasteiger partial charge in [0.05, 0.1) is 28.0 Å². The third-order valence-electron chi connectivity index (χ3n) is 3.68. The lowest BCUT2D eigenvalue weighted by Crippen LogP contribution is -2.27. The van der Waals surface area contributed by atoms with Gasteiger partial charge in [0, 0.05) is 18.4 Å². The minimum Gasteiger partial charge on any atom is -0.352 e. The first-order chi connectivity index (χ1) is 12.4. The van der Waals surface area contributed by atoms with Crippen LogP contribution in [0.5, 0.6) is 0 Å². The zero-order valence-electron chi connectivity index (χ0n) is 14.3. The minimum absolute atomic E-state index is 0.240. The van der Waals surface area contributed by atoms with Crippen LogP contribution in [0.25, 0.3) is 11.2 Å². The molecule has 2 aromatic heterocycles. The summed E-state index contributed by atoms with van der Waals surface area (Å²) >= 11 is 6.19. The summed E-state index contributed by atoms with van der Waals surface area (Å²) in [4.78, 5) is 35.5. The molecule has 0 aliphatic heterocycles. The Morgan fingerprint density at radius 3 is 2.73 bits per heavy atom. The molecule has 0 spiro atoms. The summed E-state index contributed by atoms with van der Waals surface area (Å²) in [7, 11) is 0. The first-order valence-electron chi connectivity index (χ1n) is 8.12. The number of nitrogens with one attached hydrogen (secondary N) is 3. The van der Waals surface area contributed by atoms with Gasteiger partial charge in [-0.3, -0.25) is 9.59 Å². The van der Waals surface area contributed by atoms with Crippen LogP contribution in [0.3, 0.4) is 0 Å². The molecule has 0 radical (unpaired) electrons. The summed E-state index contributed by atoms with van der Waals surface area (Å²) in [6.07, 6.45) is 2.97. The number of anilines is 1. The van der Waals surface area contributed by atoms with Crippen molar-refractivity contribution in [2.45, 2.75) is 13.8 Å². The number of aromatic nitrogens is 3. The van der Waals surface area contributed by atoms with Crippen molar-refractivity contribution in [2.75, 3.05) is 11.9 Å². The molecule has 0 atom stereocenters. The molecule has 8 heteroatoms. The Morgan fingerprint density at radius 1 is 1.19 bits per heavy atom. The van der Waals surface area contributed by atoms with Gasteiger partial charge < -0.3 is 15.6 Å². The molecule has 0 aliphatic rings. The number of H-pyrrole nitrogens is 1. The average Bonchev–Trinajstić information content (AvgIpc) is 3.07. The second kappa shape index (κ2) is 7.53. The van der Waals surface area contributed by atoms with Crippen LogP contribution < -0.4 is 10.6 Å². The monoisotopic (exact) mass is 371 g/mol. The fourth-order valence-corrected chi connectivity index (χ4v) is 2.59. The number of rotatable bonds is 5. The van der Waals surface area contributed by atoms with Gasteiger partial charge in [0.1, 0.15) is 0 Å². The van der Waals surface area contributed by atoms with Crippen LogP contribution in [0.4, 0.5) is 5.69 Å². The number of pyridine rings is 1. The molecule has 1 aromatic carbocycles. The largest absolute Gasteiger partial charge is 0.352 e. The quantitative estimate of drug-likeness (QED) is 0.641. The lowest BCUT2D eigenvalue weighted by molar-refractivity contribution is 0.0948. The number of imidazole rings is 1. The zero-order valence-corrected chi connectivity index (χ0v) is 15.1. The van der Waals surface area contributed by atoms with Crippen LogP contribution in [-0.2, 0) is 0 Å². The summed E-state index contributed by atoms with van der Waals surface area (Å²) < 4.78 is 0. The molecule has 7 nitrogen and oxygen atoms in total. The van der Waals surface area contributed by atoms with Crippen molar-refractivity contribution >= 4 is 40.3 Å². The number of fused-ring (bicyclic) bond motifs is 1. The van der Waals surface area contributed by atoms with Gasteiger partial charge in [-0.05, 0) is 30.2 Å². The normalized spacial score (nSPS) is 10.9. The van der Waals surface area contributed by atoms with Gasteiger partial charge in [0.2, 0.25) is 0 Å². The predicted octanol–water partition coefficient (Wildman–Crippen LogP) is 3.25. The maximum atomic E-state index is 12.4. The Morgan fingerprint density at radius 2 is 2.00 bits per heavy atom. The highest BCUT2D eigenvalue weighted by Gasteiger charge is 2.13. The molecule has 2 heterocycles. The highest BCUT2D eigenvalue weighted by Crippen LogP contribution is 2.22. The molecule has 134 valence electrons. The van der Waals surface area contributed by atoms with Crippen molar-refractivity contribution in [3.8, 4) is 0 Å². The number of halogens is 1. The van der Waals surface area contributed by atoms with Crippen molar-refractivity contribution in [3.05, 3.63) is 52.9 Å². The van der Waals surface area contributed by atoms with Gasteiger partial charge >= 0.3 is 0 Å². The van der Waals surface area contributed by atoms with Crippen LogP contribution in [0.15, 0.2) is 36.8 Å². The Hall–Kier alpha value is -2.93. The fraction of sp³-hybridized carbons (Fsp3) is 0.222. The number of carbonyl (C=O) groups excluding carboxylic acids is 2. The van der Waals surface area contributed by atoms with E-state index in [1.807, 2.05) is 13.8 Å². The standard InChI is InChI=1S/C18H18ClN5O2/c1-10(2)7-21-18(26)13-4-3-12(6-14(13)19)24-17(25)11-5-15-16(20-8-11)23-9-22-15/h3-6,8-10H,7H2,1-2H3,(H,21,26)(H,24,25)(H,20,22,23). The molecule has 0 aliphatic carbocycles. The summed E-state index contributed by atoms with van der Waals surface area (Å²) in [5, 5.41) is 5.82. The van der Waals surface area contributed by atoms with Gasteiger partial charge in [0.25, 0.3) is 11.8 Å². The van der Waals surface area contributed by atoms with E-state index in [0.717, 1.165) is 0 Å². The zero-order chi connectivity index (χ0) is 18.7. The predicted molar refractivity (Wildman–Crippen MR) is 100 cm³/mol. The summed E-state index contributed by atoms with van der Waals surface area (Å²) in [5.74, 6) is -0.227. The summed E-state index contributed by atoms with van der Waals surface area (Å²) in [5.41, 5.74) is 2.46. The van der Waals surface area contributed by atoms with E-state index >= 15 is 0 Å². The van der Waals surface area contributed by atoms with E-state index in [-0.39, 0.29) is 16.8 Å². The Kier molecular flexibility index (Phi) is 5.18. The first kappa shape index (κ1) is 17.9. The second-order valence-corrected chi connectivity index (χ2v) is 6.66. The van der Waals surface area contributed by atoms with Crippen molar-refractivity contribution in [1.29, 1.82) is 0 Å². The number of hydrogen-bond acceptors (Lipinski definition) is 4. The minimum atomic E-state index is -0.331. The molecule has 0 fully saturated rings. The molecule has 3 aromatic rings. The molecule has 0 saturated heterocycles. The Balaban J connectivity index is 1.72. The number of hydrogen-bond donors (Lipinski definition) is 3. The number of benzene rings is 1. The SMILES string of the molecule is CC(C)CNC(=O)c1ccc(NC(=O)c2cnc3nc[nH]c3c2)cc1Cl. The molecule has 26 heavy (non-hydrogen) atoms. The molecule has 0 saturated carbocycles. The van der Waals surface area contributed by atoms with Crippen molar-refractivity contribution < 1.29 is 9.59 Å². The number of amides is 2. The van der Waals surface area contributed by atoms with Crippen molar-refractivity contribution in [1.82, 2.24) is 20.3 Å². The summed E-state index contributed by atoms with van der Waals surface area (Å²) in [6.45, 7) is 4.59. The molecule has 2 amide bonds. The Bertz CT molecular complexity index is 967.